The average molecular weight is 341 g/mol. The zero-order valence-corrected chi connectivity index (χ0v) is 13.8. The van der Waals surface area contributed by atoms with Gasteiger partial charge in [0.1, 0.15) is 11.6 Å². The van der Waals surface area contributed by atoms with E-state index >= 15 is 0 Å². The van der Waals surface area contributed by atoms with Crippen molar-refractivity contribution in [2.45, 2.75) is 25.8 Å². The molecule has 2 heterocycles. The first kappa shape index (κ1) is 15.1. The molecular formula is C18H17ClN4O. The topological polar surface area (TPSA) is 59.3 Å². The normalized spacial score (nSPS) is 14.0. The quantitative estimate of drug-likeness (QED) is 0.746. The molecule has 0 atom stereocenters. The van der Waals surface area contributed by atoms with E-state index in [1.165, 1.54) is 0 Å². The fourth-order valence-corrected chi connectivity index (χ4v) is 2.92. The zero-order chi connectivity index (χ0) is 16.5. The second kappa shape index (κ2) is 6.24. The highest BCUT2D eigenvalue weighted by atomic mass is 35.5. The summed E-state index contributed by atoms with van der Waals surface area (Å²) in [4.78, 5) is 16.4. The minimum absolute atomic E-state index is 0.233. The number of hydrogen-bond donors (Lipinski definition) is 1. The van der Waals surface area contributed by atoms with Gasteiger partial charge < -0.3 is 5.32 Å². The Morgan fingerprint density at radius 1 is 1.25 bits per heavy atom. The first-order valence-electron chi connectivity index (χ1n) is 8.05. The molecule has 5 nitrogen and oxygen atoms in total. The van der Waals surface area contributed by atoms with Crippen LogP contribution in [0.25, 0.3) is 5.65 Å². The number of benzene rings is 1. The molecule has 1 aliphatic rings. The number of nitrogens with one attached hydrogen (secondary N) is 1. The number of aromatic nitrogens is 3. The summed E-state index contributed by atoms with van der Waals surface area (Å²) in [5, 5.41) is 8.56. The van der Waals surface area contributed by atoms with Gasteiger partial charge in [0, 0.05) is 17.5 Å². The van der Waals surface area contributed by atoms with Gasteiger partial charge in [-0.2, -0.15) is 4.52 Å². The van der Waals surface area contributed by atoms with E-state index in [0.29, 0.717) is 23.8 Å². The van der Waals surface area contributed by atoms with E-state index in [0.717, 1.165) is 29.9 Å². The van der Waals surface area contributed by atoms with Crippen LogP contribution in [0.3, 0.4) is 0 Å². The number of ketones is 1. The van der Waals surface area contributed by atoms with E-state index in [-0.39, 0.29) is 11.7 Å². The van der Waals surface area contributed by atoms with Crippen LogP contribution in [0.2, 0.25) is 5.02 Å². The molecule has 1 aromatic carbocycles. The Morgan fingerprint density at radius 2 is 2.08 bits per heavy atom. The maximum atomic E-state index is 12.0. The Hall–Kier alpha value is -2.40. The van der Waals surface area contributed by atoms with Crippen LogP contribution < -0.4 is 5.32 Å². The lowest BCUT2D eigenvalue weighted by Crippen LogP contribution is -2.07. The molecule has 0 aliphatic heterocycles. The van der Waals surface area contributed by atoms with Crippen molar-refractivity contribution in [3.63, 3.8) is 0 Å². The molecule has 0 radical (unpaired) electrons. The molecular weight excluding hydrogens is 324 g/mol. The van der Waals surface area contributed by atoms with E-state index in [9.17, 15) is 4.79 Å². The Bertz CT molecular complexity index is 901. The minimum Gasteiger partial charge on any atom is -0.366 e. The van der Waals surface area contributed by atoms with Gasteiger partial charge in [-0.15, -0.1) is 5.10 Å². The summed E-state index contributed by atoms with van der Waals surface area (Å²) < 4.78 is 1.75. The number of carbonyl (C=O) groups excluding carboxylic acids is 1. The van der Waals surface area contributed by atoms with Crippen LogP contribution in [-0.2, 0) is 17.8 Å². The molecule has 0 amide bonds. The molecule has 4 rings (SSSR count). The van der Waals surface area contributed by atoms with E-state index < -0.39 is 0 Å². The third-order valence-corrected chi connectivity index (χ3v) is 4.37. The highest BCUT2D eigenvalue weighted by molar-refractivity contribution is 6.30. The van der Waals surface area contributed by atoms with Crippen molar-refractivity contribution in [1.29, 1.82) is 0 Å². The van der Waals surface area contributed by atoms with Gasteiger partial charge >= 0.3 is 0 Å². The Labute approximate surface area is 144 Å². The number of nitrogens with zero attached hydrogens (tertiary/aromatic N) is 3. The lowest BCUT2D eigenvalue weighted by molar-refractivity contribution is -0.119. The van der Waals surface area contributed by atoms with Crippen molar-refractivity contribution in [3.8, 4) is 0 Å². The predicted octanol–water partition coefficient (Wildman–Crippen LogP) is 3.52. The van der Waals surface area contributed by atoms with Gasteiger partial charge in [0.15, 0.2) is 11.5 Å². The molecule has 0 spiro atoms. The van der Waals surface area contributed by atoms with E-state index in [1.807, 2.05) is 42.5 Å². The molecule has 3 aromatic rings. The van der Waals surface area contributed by atoms with Gasteiger partial charge in [0.05, 0.1) is 6.42 Å². The SMILES string of the molecule is O=C(Cc1nc2cccc(NCc3cccc(Cl)c3)n2n1)C1CC1. The van der Waals surface area contributed by atoms with Gasteiger partial charge in [-0.3, -0.25) is 4.79 Å². The molecule has 0 saturated heterocycles. The van der Waals surface area contributed by atoms with Crippen LogP contribution >= 0.6 is 11.6 Å². The number of fused-ring (bicyclic) bond motifs is 1. The maximum absolute atomic E-state index is 12.0. The summed E-state index contributed by atoms with van der Waals surface area (Å²) in [6, 6.07) is 13.5. The molecule has 24 heavy (non-hydrogen) atoms. The second-order valence-electron chi connectivity index (χ2n) is 6.11. The fourth-order valence-electron chi connectivity index (χ4n) is 2.70. The summed E-state index contributed by atoms with van der Waals surface area (Å²) in [5.74, 6) is 1.91. The van der Waals surface area contributed by atoms with Crippen LogP contribution in [0.5, 0.6) is 0 Å². The average Bonchev–Trinajstić information content (AvgIpc) is 3.33. The molecule has 2 aromatic heterocycles. The number of hydrogen-bond acceptors (Lipinski definition) is 4. The molecule has 122 valence electrons. The van der Waals surface area contributed by atoms with E-state index in [1.54, 1.807) is 4.52 Å². The highest BCUT2D eigenvalue weighted by Gasteiger charge is 2.30. The fraction of sp³-hybridized carbons (Fsp3) is 0.278. The first-order valence-corrected chi connectivity index (χ1v) is 8.42. The molecule has 1 aliphatic carbocycles. The monoisotopic (exact) mass is 340 g/mol. The van der Waals surface area contributed by atoms with Crippen LogP contribution in [0, 0.1) is 5.92 Å². The molecule has 0 unspecified atom stereocenters. The number of anilines is 1. The van der Waals surface area contributed by atoms with Crippen molar-refractivity contribution < 1.29 is 4.79 Å². The zero-order valence-electron chi connectivity index (χ0n) is 13.1. The summed E-state index contributed by atoms with van der Waals surface area (Å²) in [5.41, 5.74) is 1.83. The van der Waals surface area contributed by atoms with Gasteiger partial charge in [0.25, 0.3) is 0 Å². The number of Topliss-reactive ketones (excluding diaryl/α,β-unsaturated/α-hetero) is 1. The van der Waals surface area contributed by atoms with Gasteiger partial charge in [-0.25, -0.2) is 4.98 Å². The van der Waals surface area contributed by atoms with Crippen LogP contribution in [-0.4, -0.2) is 20.4 Å². The van der Waals surface area contributed by atoms with Crippen molar-refractivity contribution in [3.05, 3.63) is 58.9 Å². The smallest absolute Gasteiger partial charge is 0.159 e. The molecule has 1 fully saturated rings. The summed E-state index contributed by atoms with van der Waals surface area (Å²) in [7, 11) is 0. The van der Waals surface area contributed by atoms with Crippen molar-refractivity contribution in [2.75, 3.05) is 5.32 Å². The number of halogens is 1. The number of carbonyl (C=O) groups is 1. The minimum atomic E-state index is 0.233. The van der Waals surface area contributed by atoms with E-state index in [4.69, 9.17) is 11.6 Å². The summed E-state index contributed by atoms with van der Waals surface area (Å²) >= 11 is 6.02. The van der Waals surface area contributed by atoms with Crippen molar-refractivity contribution >= 4 is 28.8 Å². The third-order valence-electron chi connectivity index (χ3n) is 4.13. The van der Waals surface area contributed by atoms with Crippen molar-refractivity contribution in [1.82, 2.24) is 14.6 Å². The van der Waals surface area contributed by atoms with Crippen LogP contribution in [0.4, 0.5) is 5.82 Å². The number of pyridine rings is 1. The lowest BCUT2D eigenvalue weighted by Gasteiger charge is -2.08. The van der Waals surface area contributed by atoms with Gasteiger partial charge in [0.2, 0.25) is 0 Å². The lowest BCUT2D eigenvalue weighted by atomic mass is 10.2. The first-order chi connectivity index (χ1) is 11.7. The van der Waals surface area contributed by atoms with Crippen molar-refractivity contribution in [2.24, 2.45) is 5.92 Å². The Kier molecular flexibility index (Phi) is 3.94. The largest absolute Gasteiger partial charge is 0.366 e. The standard InChI is InChI=1S/C18H17ClN4O/c19-14-4-1-3-12(9-14)11-20-17-5-2-6-18-21-16(22-23(17)18)10-15(24)13-7-8-13/h1-6,9,13,20H,7-8,10-11H2. The van der Waals surface area contributed by atoms with Crippen LogP contribution in [0.15, 0.2) is 42.5 Å². The highest BCUT2D eigenvalue weighted by Crippen LogP contribution is 2.30. The molecule has 1 saturated carbocycles. The third kappa shape index (κ3) is 3.26. The van der Waals surface area contributed by atoms with Gasteiger partial charge in [-0.1, -0.05) is 29.8 Å². The summed E-state index contributed by atoms with van der Waals surface area (Å²) in [6.45, 7) is 0.635. The molecule has 0 bridgehead atoms. The van der Waals surface area contributed by atoms with E-state index in [2.05, 4.69) is 15.4 Å². The Balaban J connectivity index is 1.54. The van der Waals surface area contributed by atoms with Gasteiger partial charge in [-0.05, 0) is 42.7 Å². The number of rotatable bonds is 6. The summed E-state index contributed by atoms with van der Waals surface area (Å²) in [6.07, 6.45) is 2.34. The maximum Gasteiger partial charge on any atom is 0.159 e. The predicted molar refractivity (Wildman–Crippen MR) is 93.2 cm³/mol. The molecule has 1 N–H and O–H groups in total. The Morgan fingerprint density at radius 3 is 2.88 bits per heavy atom. The van der Waals surface area contributed by atoms with Crippen LogP contribution in [0.1, 0.15) is 24.2 Å². The second-order valence-corrected chi connectivity index (χ2v) is 6.55. The molecule has 6 heteroatoms.